The number of carbonyl (C=O) groups is 2. The van der Waals surface area contributed by atoms with Crippen molar-refractivity contribution in [1.29, 1.82) is 0 Å². The van der Waals surface area contributed by atoms with Gasteiger partial charge in [0.2, 0.25) is 0 Å². The summed E-state index contributed by atoms with van der Waals surface area (Å²) in [6, 6.07) is 0. The monoisotopic (exact) mass is 200 g/mol. The average molecular weight is 200 g/mol. The Morgan fingerprint density at radius 3 is 2.64 bits per heavy atom. The van der Waals surface area contributed by atoms with E-state index in [4.69, 9.17) is 4.74 Å². The minimum absolute atomic E-state index is 0.394. The highest BCUT2D eigenvalue weighted by Crippen LogP contribution is 2.03. The van der Waals surface area contributed by atoms with E-state index in [1.165, 1.54) is 4.90 Å². The lowest BCUT2D eigenvalue weighted by Gasteiger charge is -2.31. The topological polar surface area (TPSA) is 49.9 Å². The first-order valence-electron chi connectivity index (χ1n) is 4.70. The van der Waals surface area contributed by atoms with Crippen LogP contribution in [0.5, 0.6) is 0 Å². The Morgan fingerprint density at radius 1 is 1.29 bits per heavy atom. The van der Waals surface area contributed by atoms with Gasteiger partial charge in [-0.15, -0.1) is 0 Å². The zero-order valence-corrected chi connectivity index (χ0v) is 8.65. The number of piperazine rings is 1. The van der Waals surface area contributed by atoms with Crippen molar-refractivity contribution in [2.75, 3.05) is 40.4 Å². The second kappa shape index (κ2) is 4.95. The molecular weight excluding hydrogens is 184 g/mol. The van der Waals surface area contributed by atoms with Gasteiger partial charge >= 0.3 is 11.8 Å². The SMILES string of the molecule is COCCCN1CCN(C)C(=O)C1=O. The molecule has 0 aliphatic carbocycles. The van der Waals surface area contributed by atoms with Gasteiger partial charge < -0.3 is 14.5 Å². The molecule has 0 N–H and O–H groups in total. The van der Waals surface area contributed by atoms with Crippen LogP contribution < -0.4 is 0 Å². The maximum Gasteiger partial charge on any atom is 0.312 e. The largest absolute Gasteiger partial charge is 0.385 e. The van der Waals surface area contributed by atoms with Crippen molar-refractivity contribution in [3.8, 4) is 0 Å². The van der Waals surface area contributed by atoms with Crippen LogP contribution in [0.1, 0.15) is 6.42 Å². The van der Waals surface area contributed by atoms with E-state index in [2.05, 4.69) is 0 Å². The highest BCUT2D eigenvalue weighted by atomic mass is 16.5. The summed E-state index contributed by atoms with van der Waals surface area (Å²) in [5, 5.41) is 0. The minimum atomic E-state index is -0.409. The van der Waals surface area contributed by atoms with Gasteiger partial charge in [-0.25, -0.2) is 0 Å². The average Bonchev–Trinajstić information content (AvgIpc) is 2.18. The van der Waals surface area contributed by atoms with Crippen LogP contribution in [0.25, 0.3) is 0 Å². The van der Waals surface area contributed by atoms with E-state index < -0.39 is 11.8 Å². The standard InChI is InChI=1S/C9H16N2O3/c1-10-5-6-11(4-3-7-14-2)9(13)8(10)12/h3-7H2,1-2H3. The first-order valence-corrected chi connectivity index (χ1v) is 4.70. The molecule has 0 aromatic heterocycles. The molecule has 0 bridgehead atoms. The molecule has 0 unspecified atom stereocenters. The number of hydrogen-bond donors (Lipinski definition) is 0. The molecule has 0 spiro atoms. The van der Waals surface area contributed by atoms with Crippen LogP contribution >= 0.6 is 0 Å². The lowest BCUT2D eigenvalue weighted by Crippen LogP contribution is -2.53. The summed E-state index contributed by atoms with van der Waals surface area (Å²) in [4.78, 5) is 25.7. The molecular formula is C9H16N2O3. The fourth-order valence-corrected chi connectivity index (χ4v) is 1.39. The van der Waals surface area contributed by atoms with E-state index in [0.29, 0.717) is 26.2 Å². The fraction of sp³-hybridized carbons (Fsp3) is 0.778. The van der Waals surface area contributed by atoms with E-state index in [1.807, 2.05) is 0 Å². The number of amides is 2. The summed E-state index contributed by atoms with van der Waals surface area (Å²) in [6.45, 7) is 2.47. The third-order valence-electron chi connectivity index (χ3n) is 2.30. The summed E-state index contributed by atoms with van der Waals surface area (Å²) in [6.07, 6.45) is 0.777. The first-order chi connectivity index (χ1) is 6.66. The Labute approximate surface area is 83.6 Å². The van der Waals surface area contributed by atoms with Gasteiger partial charge in [-0.3, -0.25) is 9.59 Å². The molecule has 1 rings (SSSR count). The Kier molecular flexibility index (Phi) is 3.88. The number of likely N-dealkylation sites (N-methyl/N-ethyl adjacent to an activating group) is 1. The van der Waals surface area contributed by atoms with E-state index in [9.17, 15) is 9.59 Å². The highest BCUT2D eigenvalue weighted by molar-refractivity contribution is 6.35. The quantitative estimate of drug-likeness (QED) is 0.446. The number of nitrogens with zero attached hydrogens (tertiary/aromatic N) is 2. The molecule has 0 aromatic rings. The Morgan fingerprint density at radius 2 is 2.00 bits per heavy atom. The summed E-state index contributed by atoms with van der Waals surface area (Å²) in [5.74, 6) is -0.802. The molecule has 1 saturated heterocycles. The van der Waals surface area contributed by atoms with Gasteiger partial charge in [-0.2, -0.15) is 0 Å². The highest BCUT2D eigenvalue weighted by Gasteiger charge is 2.29. The summed E-state index contributed by atoms with van der Waals surface area (Å²) >= 11 is 0. The van der Waals surface area contributed by atoms with Crippen LogP contribution in [0.4, 0.5) is 0 Å². The Bertz CT molecular complexity index is 230. The maximum absolute atomic E-state index is 11.4. The predicted molar refractivity (Wildman–Crippen MR) is 50.7 cm³/mol. The van der Waals surface area contributed by atoms with Crippen molar-refractivity contribution in [1.82, 2.24) is 9.80 Å². The lowest BCUT2D eigenvalue weighted by molar-refractivity contribution is -0.155. The molecule has 5 nitrogen and oxygen atoms in total. The Balaban J connectivity index is 2.39. The number of hydrogen-bond acceptors (Lipinski definition) is 3. The van der Waals surface area contributed by atoms with Crippen LogP contribution in [-0.4, -0.2) is 62.0 Å². The van der Waals surface area contributed by atoms with Gasteiger partial charge in [0.1, 0.15) is 0 Å². The van der Waals surface area contributed by atoms with Gasteiger partial charge in [0.25, 0.3) is 0 Å². The summed E-state index contributed by atoms with van der Waals surface area (Å²) in [7, 11) is 3.27. The third kappa shape index (κ3) is 2.45. The van der Waals surface area contributed by atoms with Crippen molar-refractivity contribution < 1.29 is 14.3 Å². The zero-order valence-electron chi connectivity index (χ0n) is 8.65. The summed E-state index contributed by atoms with van der Waals surface area (Å²) < 4.78 is 4.88. The van der Waals surface area contributed by atoms with Gasteiger partial charge in [-0.05, 0) is 6.42 Å². The second-order valence-corrected chi connectivity index (χ2v) is 3.37. The van der Waals surface area contributed by atoms with E-state index in [1.54, 1.807) is 19.1 Å². The number of rotatable bonds is 4. The molecule has 14 heavy (non-hydrogen) atoms. The van der Waals surface area contributed by atoms with Crippen molar-refractivity contribution in [2.45, 2.75) is 6.42 Å². The number of carbonyl (C=O) groups excluding carboxylic acids is 2. The van der Waals surface area contributed by atoms with Crippen molar-refractivity contribution in [3.05, 3.63) is 0 Å². The molecule has 0 saturated carbocycles. The molecule has 5 heteroatoms. The third-order valence-corrected chi connectivity index (χ3v) is 2.30. The second-order valence-electron chi connectivity index (χ2n) is 3.37. The van der Waals surface area contributed by atoms with E-state index in [0.717, 1.165) is 6.42 Å². The molecule has 0 radical (unpaired) electrons. The van der Waals surface area contributed by atoms with Crippen molar-refractivity contribution >= 4 is 11.8 Å². The molecule has 0 aromatic carbocycles. The van der Waals surface area contributed by atoms with Crippen LogP contribution in [0.15, 0.2) is 0 Å². The number of methoxy groups -OCH3 is 1. The van der Waals surface area contributed by atoms with Gasteiger partial charge in [0, 0.05) is 40.4 Å². The molecule has 2 amide bonds. The predicted octanol–water partition coefficient (Wildman–Crippen LogP) is -0.676. The first kappa shape index (κ1) is 11.0. The van der Waals surface area contributed by atoms with Crippen LogP contribution in [-0.2, 0) is 14.3 Å². The van der Waals surface area contributed by atoms with Gasteiger partial charge in [0.15, 0.2) is 0 Å². The fourth-order valence-electron chi connectivity index (χ4n) is 1.39. The lowest BCUT2D eigenvalue weighted by atomic mass is 10.3. The minimum Gasteiger partial charge on any atom is -0.385 e. The van der Waals surface area contributed by atoms with Gasteiger partial charge in [0.05, 0.1) is 0 Å². The van der Waals surface area contributed by atoms with Gasteiger partial charge in [-0.1, -0.05) is 0 Å². The Hall–Kier alpha value is -1.10. The van der Waals surface area contributed by atoms with Crippen molar-refractivity contribution in [2.24, 2.45) is 0 Å². The zero-order chi connectivity index (χ0) is 10.6. The summed E-state index contributed by atoms with van der Waals surface area (Å²) in [5.41, 5.74) is 0. The van der Waals surface area contributed by atoms with Crippen LogP contribution in [0.2, 0.25) is 0 Å². The molecule has 1 fully saturated rings. The van der Waals surface area contributed by atoms with Crippen LogP contribution in [0, 0.1) is 0 Å². The van der Waals surface area contributed by atoms with Crippen molar-refractivity contribution in [3.63, 3.8) is 0 Å². The van der Waals surface area contributed by atoms with Crippen LogP contribution in [0.3, 0.4) is 0 Å². The molecule has 80 valence electrons. The maximum atomic E-state index is 11.4. The molecule has 1 heterocycles. The van der Waals surface area contributed by atoms with E-state index >= 15 is 0 Å². The molecule has 1 aliphatic heterocycles. The smallest absolute Gasteiger partial charge is 0.312 e. The normalized spacial score (nSPS) is 17.9. The number of ether oxygens (including phenoxy) is 1. The molecule has 1 aliphatic rings. The van der Waals surface area contributed by atoms with E-state index in [-0.39, 0.29) is 0 Å². The molecule has 0 atom stereocenters.